The molecule has 0 aromatic heterocycles. The molecule has 1 nitrogen and oxygen atoms in total. The SMILES string of the molecule is CC1(O)C2CCCC1CCC2. The predicted molar refractivity (Wildman–Crippen MR) is 45.3 cm³/mol. The average molecular weight is 154 g/mol. The lowest BCUT2D eigenvalue weighted by molar-refractivity contribution is -0.104. The molecule has 1 heteroatoms. The van der Waals surface area contributed by atoms with E-state index in [-0.39, 0.29) is 5.60 Å². The molecule has 0 atom stereocenters. The van der Waals surface area contributed by atoms with Crippen LogP contribution in [0.15, 0.2) is 0 Å². The van der Waals surface area contributed by atoms with E-state index in [1.807, 2.05) is 0 Å². The lowest BCUT2D eigenvalue weighted by Crippen LogP contribution is -2.47. The third-order valence-corrected chi connectivity index (χ3v) is 3.86. The molecule has 2 aliphatic rings. The standard InChI is InChI=1S/C10H18O/c1-10(11)8-4-2-5-9(10)7-3-6-8/h8-9,11H,2-7H2,1H3. The molecule has 1 N–H and O–H groups in total. The first kappa shape index (κ1) is 7.60. The summed E-state index contributed by atoms with van der Waals surface area (Å²) in [6.07, 6.45) is 7.77. The van der Waals surface area contributed by atoms with Crippen LogP contribution >= 0.6 is 0 Å². The molecule has 2 aliphatic carbocycles. The molecule has 2 saturated carbocycles. The van der Waals surface area contributed by atoms with Crippen LogP contribution in [0.5, 0.6) is 0 Å². The molecular weight excluding hydrogens is 136 g/mol. The van der Waals surface area contributed by atoms with Crippen molar-refractivity contribution in [2.24, 2.45) is 11.8 Å². The molecule has 2 bridgehead atoms. The third-order valence-electron chi connectivity index (χ3n) is 3.86. The Labute approximate surface area is 68.8 Å². The summed E-state index contributed by atoms with van der Waals surface area (Å²) < 4.78 is 0. The fourth-order valence-electron chi connectivity index (χ4n) is 3.01. The molecule has 0 saturated heterocycles. The van der Waals surface area contributed by atoms with Crippen LogP contribution in [0.2, 0.25) is 0 Å². The second-order valence-corrected chi connectivity index (χ2v) is 4.48. The maximum absolute atomic E-state index is 10.2. The zero-order valence-corrected chi connectivity index (χ0v) is 7.34. The fraction of sp³-hybridized carbons (Fsp3) is 1.00. The lowest BCUT2D eigenvalue weighted by Gasteiger charge is -2.47. The van der Waals surface area contributed by atoms with Gasteiger partial charge in [-0.05, 0) is 44.4 Å². The second kappa shape index (κ2) is 2.48. The van der Waals surface area contributed by atoms with Crippen LogP contribution in [0, 0.1) is 11.8 Å². The van der Waals surface area contributed by atoms with E-state index >= 15 is 0 Å². The first-order valence-electron chi connectivity index (χ1n) is 4.93. The Bertz CT molecular complexity index is 127. The summed E-state index contributed by atoms with van der Waals surface area (Å²) in [6, 6.07) is 0. The number of hydrogen-bond acceptors (Lipinski definition) is 1. The van der Waals surface area contributed by atoms with Crippen molar-refractivity contribution in [2.45, 2.75) is 51.0 Å². The summed E-state index contributed by atoms with van der Waals surface area (Å²) in [4.78, 5) is 0. The highest BCUT2D eigenvalue weighted by Crippen LogP contribution is 2.46. The monoisotopic (exact) mass is 154 g/mol. The molecule has 2 fully saturated rings. The number of fused-ring (bicyclic) bond motifs is 2. The molecule has 0 amide bonds. The minimum absolute atomic E-state index is 0.309. The maximum Gasteiger partial charge on any atom is 0.0675 e. The molecule has 0 spiro atoms. The van der Waals surface area contributed by atoms with Gasteiger partial charge in [0.15, 0.2) is 0 Å². The summed E-state index contributed by atoms with van der Waals surface area (Å²) in [7, 11) is 0. The lowest BCUT2D eigenvalue weighted by atomic mass is 9.62. The summed E-state index contributed by atoms with van der Waals surface area (Å²) in [6.45, 7) is 2.06. The highest BCUT2D eigenvalue weighted by Gasteiger charge is 2.44. The van der Waals surface area contributed by atoms with Crippen molar-refractivity contribution in [3.63, 3.8) is 0 Å². The summed E-state index contributed by atoms with van der Waals surface area (Å²) in [5, 5.41) is 10.2. The van der Waals surface area contributed by atoms with Crippen LogP contribution < -0.4 is 0 Å². The van der Waals surface area contributed by atoms with Crippen molar-refractivity contribution >= 4 is 0 Å². The Hall–Kier alpha value is -0.0400. The number of aliphatic hydroxyl groups is 1. The van der Waals surface area contributed by atoms with E-state index in [4.69, 9.17) is 0 Å². The van der Waals surface area contributed by atoms with Gasteiger partial charge in [-0.2, -0.15) is 0 Å². The molecule has 0 aliphatic heterocycles. The van der Waals surface area contributed by atoms with Crippen LogP contribution in [0.3, 0.4) is 0 Å². The van der Waals surface area contributed by atoms with Gasteiger partial charge < -0.3 is 5.11 Å². The summed E-state index contributed by atoms with van der Waals surface area (Å²) in [5.41, 5.74) is -0.309. The maximum atomic E-state index is 10.2. The summed E-state index contributed by atoms with van der Waals surface area (Å²) >= 11 is 0. The van der Waals surface area contributed by atoms with E-state index in [2.05, 4.69) is 6.92 Å². The Morgan fingerprint density at radius 1 is 1.00 bits per heavy atom. The van der Waals surface area contributed by atoms with E-state index in [1.54, 1.807) is 0 Å². The van der Waals surface area contributed by atoms with E-state index in [0.29, 0.717) is 11.8 Å². The van der Waals surface area contributed by atoms with Crippen molar-refractivity contribution in [1.82, 2.24) is 0 Å². The van der Waals surface area contributed by atoms with Gasteiger partial charge in [-0.3, -0.25) is 0 Å². The molecule has 0 aromatic rings. The molecule has 64 valence electrons. The minimum Gasteiger partial charge on any atom is -0.390 e. The largest absolute Gasteiger partial charge is 0.390 e. The van der Waals surface area contributed by atoms with Crippen LogP contribution in [0.1, 0.15) is 45.4 Å². The third kappa shape index (κ3) is 1.10. The van der Waals surface area contributed by atoms with Crippen LogP contribution in [-0.4, -0.2) is 10.7 Å². The number of hydrogen-bond donors (Lipinski definition) is 1. The molecule has 0 radical (unpaired) electrons. The second-order valence-electron chi connectivity index (χ2n) is 4.48. The van der Waals surface area contributed by atoms with Crippen molar-refractivity contribution in [1.29, 1.82) is 0 Å². The Kier molecular flexibility index (Phi) is 1.71. The van der Waals surface area contributed by atoms with Crippen LogP contribution in [-0.2, 0) is 0 Å². The molecule has 0 heterocycles. The Balaban J connectivity index is 2.17. The van der Waals surface area contributed by atoms with E-state index in [1.165, 1.54) is 38.5 Å². The van der Waals surface area contributed by atoms with Gasteiger partial charge in [0.2, 0.25) is 0 Å². The van der Waals surface area contributed by atoms with Gasteiger partial charge in [0, 0.05) is 0 Å². The average Bonchev–Trinajstić information content (AvgIpc) is 1.82. The van der Waals surface area contributed by atoms with Gasteiger partial charge in [-0.25, -0.2) is 0 Å². The molecule has 0 aromatic carbocycles. The zero-order chi connectivity index (χ0) is 7.90. The van der Waals surface area contributed by atoms with Gasteiger partial charge in [-0.15, -0.1) is 0 Å². The van der Waals surface area contributed by atoms with Gasteiger partial charge in [0.05, 0.1) is 5.60 Å². The van der Waals surface area contributed by atoms with Gasteiger partial charge in [-0.1, -0.05) is 12.8 Å². The van der Waals surface area contributed by atoms with Crippen molar-refractivity contribution in [3.8, 4) is 0 Å². The van der Waals surface area contributed by atoms with Crippen LogP contribution in [0.25, 0.3) is 0 Å². The molecular formula is C10H18O. The zero-order valence-electron chi connectivity index (χ0n) is 7.34. The van der Waals surface area contributed by atoms with Gasteiger partial charge >= 0.3 is 0 Å². The smallest absolute Gasteiger partial charge is 0.0675 e. The topological polar surface area (TPSA) is 20.2 Å². The van der Waals surface area contributed by atoms with Gasteiger partial charge in [0.1, 0.15) is 0 Å². The van der Waals surface area contributed by atoms with Crippen molar-refractivity contribution in [2.75, 3.05) is 0 Å². The minimum atomic E-state index is -0.309. The molecule has 0 unspecified atom stereocenters. The van der Waals surface area contributed by atoms with Gasteiger partial charge in [0.25, 0.3) is 0 Å². The molecule has 2 rings (SSSR count). The van der Waals surface area contributed by atoms with E-state index in [9.17, 15) is 5.11 Å². The first-order valence-corrected chi connectivity index (χ1v) is 4.93. The Morgan fingerprint density at radius 3 is 1.64 bits per heavy atom. The highest BCUT2D eigenvalue weighted by atomic mass is 16.3. The quantitative estimate of drug-likeness (QED) is 0.568. The van der Waals surface area contributed by atoms with Crippen LogP contribution in [0.4, 0.5) is 0 Å². The van der Waals surface area contributed by atoms with E-state index in [0.717, 1.165) is 0 Å². The molecule has 11 heavy (non-hydrogen) atoms. The van der Waals surface area contributed by atoms with Crippen molar-refractivity contribution in [3.05, 3.63) is 0 Å². The normalized spacial score (nSPS) is 50.7. The fourth-order valence-corrected chi connectivity index (χ4v) is 3.01. The summed E-state index contributed by atoms with van der Waals surface area (Å²) in [5.74, 6) is 1.24. The highest BCUT2D eigenvalue weighted by molar-refractivity contribution is 4.95. The first-order chi connectivity index (χ1) is 5.21. The predicted octanol–water partition coefficient (Wildman–Crippen LogP) is 2.34. The van der Waals surface area contributed by atoms with E-state index < -0.39 is 0 Å². The number of rotatable bonds is 0. The Morgan fingerprint density at radius 2 is 1.36 bits per heavy atom. The van der Waals surface area contributed by atoms with Crippen molar-refractivity contribution < 1.29 is 5.11 Å².